The molecule has 114 valence electrons. The number of rotatable bonds is 4. The van der Waals surface area contributed by atoms with E-state index in [1.165, 1.54) is 0 Å². The number of pyridine rings is 1. The molecule has 0 aliphatic heterocycles. The van der Waals surface area contributed by atoms with Gasteiger partial charge in [0.2, 0.25) is 0 Å². The lowest BCUT2D eigenvalue weighted by Gasteiger charge is -2.10. The second kappa shape index (κ2) is 6.88. The van der Waals surface area contributed by atoms with Gasteiger partial charge < -0.3 is 5.32 Å². The van der Waals surface area contributed by atoms with E-state index < -0.39 is 0 Å². The molecule has 1 aromatic heterocycles. The summed E-state index contributed by atoms with van der Waals surface area (Å²) >= 11 is 0. The maximum Gasteiger partial charge on any atom is 0.256 e. The summed E-state index contributed by atoms with van der Waals surface area (Å²) in [6, 6.07) is 19.6. The molecule has 0 radical (unpaired) electrons. The Kier molecular flexibility index (Phi) is 4.48. The molecule has 23 heavy (non-hydrogen) atoms. The molecule has 1 heterocycles. The standard InChI is InChI=1S/C20H18N2O/c1-15-7-9-18(10-8-15)22-20(23)19-11-12-21-14-17(19)13-16-5-3-2-4-6-16/h2-12,14H,13H2,1H3,(H,22,23). The van der Waals surface area contributed by atoms with Gasteiger partial charge in [0.25, 0.3) is 5.91 Å². The number of nitrogens with zero attached hydrogens (tertiary/aromatic N) is 1. The minimum absolute atomic E-state index is 0.109. The van der Waals surface area contributed by atoms with Crippen molar-refractivity contribution in [2.75, 3.05) is 5.32 Å². The van der Waals surface area contributed by atoms with Gasteiger partial charge in [-0.25, -0.2) is 0 Å². The number of nitrogens with one attached hydrogen (secondary N) is 1. The summed E-state index contributed by atoms with van der Waals surface area (Å²) < 4.78 is 0. The minimum atomic E-state index is -0.109. The van der Waals surface area contributed by atoms with Crippen molar-refractivity contribution in [2.24, 2.45) is 0 Å². The monoisotopic (exact) mass is 302 g/mol. The Morgan fingerprint density at radius 2 is 1.74 bits per heavy atom. The molecule has 3 heteroatoms. The van der Waals surface area contributed by atoms with Crippen molar-refractivity contribution in [3.05, 3.63) is 95.3 Å². The topological polar surface area (TPSA) is 42.0 Å². The molecule has 0 unspecified atom stereocenters. The molecule has 3 aromatic rings. The van der Waals surface area contributed by atoms with E-state index in [4.69, 9.17) is 0 Å². The summed E-state index contributed by atoms with van der Waals surface area (Å²) in [5.41, 5.74) is 4.69. The Balaban J connectivity index is 1.82. The molecule has 0 fully saturated rings. The van der Waals surface area contributed by atoms with Crippen LogP contribution in [0.15, 0.2) is 73.1 Å². The van der Waals surface area contributed by atoms with Crippen LogP contribution in [0, 0.1) is 6.92 Å². The van der Waals surface area contributed by atoms with E-state index in [1.54, 1.807) is 18.5 Å². The molecule has 0 saturated carbocycles. The van der Waals surface area contributed by atoms with E-state index in [0.29, 0.717) is 12.0 Å². The normalized spacial score (nSPS) is 10.3. The maximum absolute atomic E-state index is 12.6. The first kappa shape index (κ1) is 15.0. The largest absolute Gasteiger partial charge is 0.322 e. The number of hydrogen-bond acceptors (Lipinski definition) is 2. The highest BCUT2D eigenvalue weighted by molar-refractivity contribution is 6.05. The third-order valence-corrected chi connectivity index (χ3v) is 3.70. The lowest BCUT2D eigenvalue weighted by atomic mass is 10.0. The van der Waals surface area contributed by atoms with Gasteiger partial charge in [-0.1, -0.05) is 48.0 Å². The fourth-order valence-electron chi connectivity index (χ4n) is 2.44. The van der Waals surface area contributed by atoms with Crippen LogP contribution in [0.25, 0.3) is 0 Å². The van der Waals surface area contributed by atoms with E-state index in [9.17, 15) is 4.79 Å². The van der Waals surface area contributed by atoms with Gasteiger partial charge in [0, 0.05) is 23.6 Å². The van der Waals surface area contributed by atoms with E-state index in [2.05, 4.69) is 22.4 Å². The van der Waals surface area contributed by atoms with Crippen LogP contribution in [-0.4, -0.2) is 10.9 Å². The molecular formula is C20H18N2O. The number of aromatic nitrogens is 1. The zero-order chi connectivity index (χ0) is 16.1. The van der Waals surface area contributed by atoms with Crippen LogP contribution in [0.4, 0.5) is 5.69 Å². The fraction of sp³-hybridized carbons (Fsp3) is 0.100. The van der Waals surface area contributed by atoms with Gasteiger partial charge in [-0.3, -0.25) is 9.78 Å². The highest BCUT2D eigenvalue weighted by Gasteiger charge is 2.12. The zero-order valence-corrected chi connectivity index (χ0v) is 13.0. The second-order valence-corrected chi connectivity index (χ2v) is 5.52. The van der Waals surface area contributed by atoms with Crippen LogP contribution in [-0.2, 0) is 6.42 Å². The highest BCUT2D eigenvalue weighted by atomic mass is 16.1. The maximum atomic E-state index is 12.6. The van der Waals surface area contributed by atoms with Crippen molar-refractivity contribution < 1.29 is 4.79 Å². The van der Waals surface area contributed by atoms with Gasteiger partial charge in [0.05, 0.1) is 0 Å². The third-order valence-electron chi connectivity index (χ3n) is 3.70. The van der Waals surface area contributed by atoms with Crippen molar-refractivity contribution in [1.82, 2.24) is 4.98 Å². The lowest BCUT2D eigenvalue weighted by molar-refractivity contribution is 0.102. The van der Waals surface area contributed by atoms with E-state index in [0.717, 1.165) is 22.4 Å². The first-order chi connectivity index (χ1) is 11.2. The number of carbonyl (C=O) groups excluding carboxylic acids is 1. The lowest BCUT2D eigenvalue weighted by Crippen LogP contribution is -2.14. The Morgan fingerprint density at radius 3 is 2.48 bits per heavy atom. The summed E-state index contributed by atoms with van der Waals surface area (Å²) in [6.45, 7) is 2.02. The molecule has 0 spiro atoms. The van der Waals surface area contributed by atoms with Crippen LogP contribution >= 0.6 is 0 Å². The summed E-state index contributed by atoms with van der Waals surface area (Å²) in [4.78, 5) is 16.7. The minimum Gasteiger partial charge on any atom is -0.322 e. The van der Waals surface area contributed by atoms with Gasteiger partial charge in [-0.15, -0.1) is 0 Å². The van der Waals surface area contributed by atoms with Crippen molar-refractivity contribution in [1.29, 1.82) is 0 Å². The summed E-state index contributed by atoms with van der Waals surface area (Å²) in [5.74, 6) is -0.109. The molecule has 0 aliphatic carbocycles. The van der Waals surface area contributed by atoms with Crippen LogP contribution < -0.4 is 5.32 Å². The molecule has 2 aromatic carbocycles. The van der Waals surface area contributed by atoms with Crippen molar-refractivity contribution in [3.8, 4) is 0 Å². The van der Waals surface area contributed by atoms with Crippen LogP contribution in [0.2, 0.25) is 0 Å². The Hall–Kier alpha value is -2.94. The van der Waals surface area contributed by atoms with Crippen molar-refractivity contribution in [3.63, 3.8) is 0 Å². The predicted octanol–water partition coefficient (Wildman–Crippen LogP) is 4.23. The molecule has 0 aliphatic rings. The number of aryl methyl sites for hydroxylation is 1. The molecular weight excluding hydrogens is 284 g/mol. The number of amides is 1. The number of benzene rings is 2. The smallest absolute Gasteiger partial charge is 0.256 e. The Morgan fingerprint density at radius 1 is 1.00 bits per heavy atom. The zero-order valence-electron chi connectivity index (χ0n) is 13.0. The number of hydrogen-bond donors (Lipinski definition) is 1. The average molecular weight is 302 g/mol. The average Bonchev–Trinajstić information content (AvgIpc) is 2.58. The van der Waals surface area contributed by atoms with Gasteiger partial charge in [0.1, 0.15) is 0 Å². The molecule has 3 nitrogen and oxygen atoms in total. The van der Waals surface area contributed by atoms with Gasteiger partial charge >= 0.3 is 0 Å². The summed E-state index contributed by atoms with van der Waals surface area (Å²) in [6.07, 6.45) is 4.10. The second-order valence-electron chi connectivity index (χ2n) is 5.52. The van der Waals surface area contributed by atoms with E-state index in [1.807, 2.05) is 49.4 Å². The summed E-state index contributed by atoms with van der Waals surface area (Å²) in [7, 11) is 0. The Labute approximate surface area is 136 Å². The Bertz CT molecular complexity index is 795. The first-order valence-corrected chi connectivity index (χ1v) is 7.57. The highest BCUT2D eigenvalue weighted by Crippen LogP contribution is 2.16. The first-order valence-electron chi connectivity index (χ1n) is 7.57. The SMILES string of the molecule is Cc1ccc(NC(=O)c2ccncc2Cc2ccccc2)cc1. The van der Waals surface area contributed by atoms with E-state index >= 15 is 0 Å². The molecule has 3 rings (SSSR count). The van der Waals surface area contributed by atoms with Gasteiger partial charge in [0.15, 0.2) is 0 Å². The molecule has 1 N–H and O–H groups in total. The van der Waals surface area contributed by atoms with E-state index in [-0.39, 0.29) is 5.91 Å². The van der Waals surface area contributed by atoms with Crippen molar-refractivity contribution in [2.45, 2.75) is 13.3 Å². The quantitative estimate of drug-likeness (QED) is 0.783. The molecule has 0 bridgehead atoms. The van der Waals surface area contributed by atoms with Crippen molar-refractivity contribution >= 4 is 11.6 Å². The van der Waals surface area contributed by atoms with Crippen LogP contribution in [0.3, 0.4) is 0 Å². The fourth-order valence-corrected chi connectivity index (χ4v) is 2.44. The van der Waals surface area contributed by atoms with Crippen LogP contribution in [0.1, 0.15) is 27.0 Å². The predicted molar refractivity (Wildman–Crippen MR) is 92.6 cm³/mol. The van der Waals surface area contributed by atoms with Gasteiger partial charge in [-0.2, -0.15) is 0 Å². The van der Waals surface area contributed by atoms with Crippen LogP contribution in [0.5, 0.6) is 0 Å². The van der Waals surface area contributed by atoms with Gasteiger partial charge in [-0.05, 0) is 42.7 Å². The number of carbonyl (C=O) groups is 1. The molecule has 0 saturated heterocycles. The number of anilines is 1. The summed E-state index contributed by atoms with van der Waals surface area (Å²) in [5, 5.41) is 2.94. The molecule has 0 atom stereocenters. The molecule has 1 amide bonds. The third kappa shape index (κ3) is 3.83.